The third-order valence-electron chi connectivity index (χ3n) is 4.64. The molecule has 0 spiro atoms. The molecule has 27 heavy (non-hydrogen) atoms. The number of aliphatic hydroxyl groups is 1. The lowest BCUT2D eigenvalue weighted by Crippen LogP contribution is -2.59. The molecule has 0 bridgehead atoms. The van der Waals surface area contributed by atoms with Crippen molar-refractivity contribution in [1.82, 2.24) is 19.9 Å². The van der Waals surface area contributed by atoms with Gasteiger partial charge in [-0.1, -0.05) is 0 Å². The largest absolute Gasteiger partial charge is 0.415 e. The summed E-state index contributed by atoms with van der Waals surface area (Å²) in [4.78, 5) is 29.5. The highest BCUT2D eigenvalue weighted by Gasteiger charge is 2.35. The van der Waals surface area contributed by atoms with E-state index in [1.165, 1.54) is 0 Å². The Morgan fingerprint density at radius 2 is 1.96 bits per heavy atom. The number of aromatic nitrogens is 3. The van der Waals surface area contributed by atoms with Crippen molar-refractivity contribution in [3.8, 4) is 5.75 Å². The van der Waals surface area contributed by atoms with Gasteiger partial charge in [0.25, 0.3) is 0 Å². The van der Waals surface area contributed by atoms with Gasteiger partial charge in [0.1, 0.15) is 11.6 Å². The molecular formula is C19H25N5O3. The number of rotatable bonds is 4. The number of nitrogens with zero attached hydrogens (tertiary/aromatic N) is 5. The Kier molecular flexibility index (Phi) is 5.85. The standard InChI is InChI=1S/C19H25N5O3/c1-13-11-23(18-6-9-21-17(22-18)7-10-25)12-14(2)24(13)19(26)27-16-5-4-8-20-15(16)3/h4-6,8-9,13-14,25H,7,10-12H2,1-3H3/t13-,14+. The Morgan fingerprint density at radius 3 is 2.63 bits per heavy atom. The maximum atomic E-state index is 12.7. The fourth-order valence-electron chi connectivity index (χ4n) is 3.38. The molecule has 0 unspecified atom stereocenters. The van der Waals surface area contributed by atoms with Gasteiger partial charge >= 0.3 is 6.09 Å². The predicted octanol–water partition coefficient (Wildman–Crippen LogP) is 1.81. The molecule has 1 amide bonds. The number of carbonyl (C=O) groups is 1. The molecule has 1 aliphatic heterocycles. The smallest absolute Gasteiger partial charge is 0.408 e. The van der Waals surface area contributed by atoms with Gasteiger partial charge in [0.15, 0.2) is 5.75 Å². The molecule has 3 rings (SSSR count). The summed E-state index contributed by atoms with van der Waals surface area (Å²) in [7, 11) is 0. The van der Waals surface area contributed by atoms with Crippen LogP contribution in [0.1, 0.15) is 25.4 Å². The first kappa shape index (κ1) is 19.0. The summed E-state index contributed by atoms with van der Waals surface area (Å²) in [6, 6.07) is 5.26. The summed E-state index contributed by atoms with van der Waals surface area (Å²) in [5.74, 6) is 1.90. The molecule has 2 aromatic rings. The fourth-order valence-corrected chi connectivity index (χ4v) is 3.38. The summed E-state index contributed by atoms with van der Waals surface area (Å²) >= 11 is 0. The number of anilines is 1. The van der Waals surface area contributed by atoms with Gasteiger partial charge in [-0.15, -0.1) is 0 Å². The van der Waals surface area contributed by atoms with Gasteiger partial charge in [0, 0.05) is 31.9 Å². The van der Waals surface area contributed by atoms with Crippen LogP contribution in [0.25, 0.3) is 0 Å². The van der Waals surface area contributed by atoms with Crippen LogP contribution in [-0.4, -0.2) is 62.8 Å². The van der Waals surface area contributed by atoms with Gasteiger partial charge in [0.2, 0.25) is 0 Å². The van der Waals surface area contributed by atoms with Crippen molar-refractivity contribution in [3.05, 3.63) is 42.1 Å². The molecule has 8 nitrogen and oxygen atoms in total. The molecule has 2 aromatic heterocycles. The fraction of sp³-hybridized carbons (Fsp3) is 0.474. The van der Waals surface area contributed by atoms with Crippen molar-refractivity contribution in [2.75, 3.05) is 24.6 Å². The van der Waals surface area contributed by atoms with Crippen LogP contribution in [0.2, 0.25) is 0 Å². The van der Waals surface area contributed by atoms with Crippen LogP contribution in [0.4, 0.5) is 10.6 Å². The third-order valence-corrected chi connectivity index (χ3v) is 4.64. The first-order valence-electron chi connectivity index (χ1n) is 9.09. The lowest BCUT2D eigenvalue weighted by molar-refractivity contribution is 0.104. The van der Waals surface area contributed by atoms with E-state index < -0.39 is 0 Å². The Morgan fingerprint density at radius 1 is 1.22 bits per heavy atom. The van der Waals surface area contributed by atoms with Crippen molar-refractivity contribution < 1.29 is 14.6 Å². The minimum atomic E-state index is -0.366. The highest BCUT2D eigenvalue weighted by atomic mass is 16.6. The van der Waals surface area contributed by atoms with Gasteiger partial charge in [-0.05, 0) is 39.0 Å². The number of aliphatic hydroxyl groups excluding tert-OH is 1. The average molecular weight is 371 g/mol. The number of ether oxygens (including phenoxy) is 1. The zero-order chi connectivity index (χ0) is 19.4. The van der Waals surface area contributed by atoms with Crippen molar-refractivity contribution >= 4 is 11.9 Å². The second-order valence-electron chi connectivity index (χ2n) is 6.77. The summed E-state index contributed by atoms with van der Waals surface area (Å²) in [5.41, 5.74) is 0.683. The molecule has 0 saturated carbocycles. The van der Waals surface area contributed by atoms with Gasteiger partial charge < -0.3 is 14.7 Å². The molecule has 3 heterocycles. The summed E-state index contributed by atoms with van der Waals surface area (Å²) in [6.07, 6.45) is 3.43. The molecule has 1 aliphatic rings. The van der Waals surface area contributed by atoms with E-state index in [1.54, 1.807) is 29.4 Å². The third kappa shape index (κ3) is 4.33. The molecule has 1 N–H and O–H groups in total. The Hall–Kier alpha value is -2.74. The van der Waals surface area contributed by atoms with E-state index in [9.17, 15) is 4.79 Å². The molecule has 144 valence electrons. The van der Waals surface area contributed by atoms with Crippen LogP contribution in [0.5, 0.6) is 5.75 Å². The maximum Gasteiger partial charge on any atom is 0.415 e. The van der Waals surface area contributed by atoms with Crippen LogP contribution in [0.3, 0.4) is 0 Å². The van der Waals surface area contributed by atoms with Gasteiger partial charge in [-0.3, -0.25) is 9.88 Å². The number of pyridine rings is 1. The normalized spacial score (nSPS) is 19.9. The van der Waals surface area contributed by atoms with E-state index in [2.05, 4.69) is 19.9 Å². The Labute approximate surface area is 158 Å². The molecule has 8 heteroatoms. The van der Waals surface area contributed by atoms with Crippen LogP contribution in [0.15, 0.2) is 30.6 Å². The number of hydrogen-bond acceptors (Lipinski definition) is 7. The molecule has 0 aliphatic carbocycles. The first-order valence-corrected chi connectivity index (χ1v) is 9.09. The van der Waals surface area contributed by atoms with Crippen LogP contribution in [-0.2, 0) is 6.42 Å². The number of piperazine rings is 1. The van der Waals surface area contributed by atoms with E-state index in [0.29, 0.717) is 36.8 Å². The lowest BCUT2D eigenvalue weighted by atomic mass is 10.1. The van der Waals surface area contributed by atoms with E-state index in [1.807, 2.05) is 26.8 Å². The quantitative estimate of drug-likeness (QED) is 0.876. The topological polar surface area (TPSA) is 91.7 Å². The Bertz CT molecular complexity index is 788. The summed E-state index contributed by atoms with van der Waals surface area (Å²) in [6.45, 7) is 7.10. The summed E-state index contributed by atoms with van der Waals surface area (Å²) < 4.78 is 5.57. The van der Waals surface area contributed by atoms with E-state index >= 15 is 0 Å². The van der Waals surface area contributed by atoms with Crippen molar-refractivity contribution in [1.29, 1.82) is 0 Å². The minimum Gasteiger partial charge on any atom is -0.408 e. The number of amides is 1. The van der Waals surface area contributed by atoms with E-state index in [-0.39, 0.29) is 24.8 Å². The van der Waals surface area contributed by atoms with Gasteiger partial charge in [-0.2, -0.15) is 0 Å². The van der Waals surface area contributed by atoms with Crippen LogP contribution >= 0.6 is 0 Å². The monoisotopic (exact) mass is 371 g/mol. The molecule has 0 aromatic carbocycles. The molecule has 1 saturated heterocycles. The average Bonchev–Trinajstić information content (AvgIpc) is 2.63. The molecule has 2 atom stereocenters. The van der Waals surface area contributed by atoms with Crippen molar-refractivity contribution in [2.45, 2.75) is 39.3 Å². The minimum absolute atomic E-state index is 0.0175. The van der Waals surface area contributed by atoms with E-state index in [4.69, 9.17) is 9.84 Å². The molecule has 0 radical (unpaired) electrons. The summed E-state index contributed by atoms with van der Waals surface area (Å²) in [5, 5.41) is 9.09. The van der Waals surface area contributed by atoms with Crippen molar-refractivity contribution in [3.63, 3.8) is 0 Å². The number of carbonyl (C=O) groups excluding carboxylic acids is 1. The van der Waals surface area contributed by atoms with Crippen LogP contribution in [0, 0.1) is 6.92 Å². The van der Waals surface area contributed by atoms with Gasteiger partial charge in [-0.25, -0.2) is 14.8 Å². The highest BCUT2D eigenvalue weighted by molar-refractivity contribution is 5.72. The lowest BCUT2D eigenvalue weighted by Gasteiger charge is -2.44. The highest BCUT2D eigenvalue weighted by Crippen LogP contribution is 2.23. The zero-order valence-corrected chi connectivity index (χ0v) is 15.9. The zero-order valence-electron chi connectivity index (χ0n) is 15.9. The van der Waals surface area contributed by atoms with Crippen molar-refractivity contribution in [2.24, 2.45) is 0 Å². The van der Waals surface area contributed by atoms with Gasteiger partial charge in [0.05, 0.1) is 24.4 Å². The second kappa shape index (κ2) is 8.30. The number of hydrogen-bond donors (Lipinski definition) is 1. The molecule has 1 fully saturated rings. The predicted molar refractivity (Wildman–Crippen MR) is 101 cm³/mol. The maximum absolute atomic E-state index is 12.7. The molecular weight excluding hydrogens is 346 g/mol. The Balaban J connectivity index is 1.70. The van der Waals surface area contributed by atoms with Crippen LogP contribution < -0.4 is 9.64 Å². The van der Waals surface area contributed by atoms with E-state index in [0.717, 1.165) is 5.82 Å². The number of aryl methyl sites for hydroxylation is 1. The second-order valence-corrected chi connectivity index (χ2v) is 6.77. The SMILES string of the molecule is Cc1ncccc1OC(=O)N1[C@H](C)CN(c2ccnc(CCO)n2)C[C@@H]1C. The first-order chi connectivity index (χ1) is 13.0.